The molecule has 3 aromatic rings. The van der Waals surface area contributed by atoms with Crippen LogP contribution in [0.5, 0.6) is 28.7 Å². The Morgan fingerprint density at radius 1 is 1.09 bits per heavy atom. The van der Waals surface area contributed by atoms with Crippen molar-refractivity contribution < 1.29 is 28.5 Å². The lowest BCUT2D eigenvalue weighted by atomic mass is 10.00. The van der Waals surface area contributed by atoms with E-state index in [-0.39, 0.29) is 11.5 Å². The molecule has 2 aliphatic rings. The zero-order chi connectivity index (χ0) is 23.8. The zero-order valence-electron chi connectivity index (χ0n) is 19.5. The van der Waals surface area contributed by atoms with Crippen LogP contribution < -0.4 is 23.7 Å². The maximum Gasteiger partial charge on any atom is 0.231 e. The Balaban J connectivity index is 1.45. The summed E-state index contributed by atoms with van der Waals surface area (Å²) in [6.07, 6.45) is 1.69. The summed E-state index contributed by atoms with van der Waals surface area (Å²) in [6, 6.07) is 9.62. The number of methoxy groups -OCH3 is 3. The fraction of sp³-hybridized carbons (Fsp3) is 0.269. The predicted molar refractivity (Wildman–Crippen MR) is 129 cm³/mol. The molecule has 0 spiro atoms. The van der Waals surface area contributed by atoms with Crippen LogP contribution in [0.2, 0.25) is 0 Å². The molecule has 7 nitrogen and oxygen atoms in total. The van der Waals surface area contributed by atoms with Gasteiger partial charge in [0.25, 0.3) is 0 Å². The molecule has 0 radical (unpaired) electrons. The first-order valence-electron chi connectivity index (χ1n) is 10.8. The minimum atomic E-state index is -0.162. The molecule has 0 aliphatic carbocycles. The number of hydrogen-bond acceptors (Lipinski definition) is 8. The molecule has 0 bridgehead atoms. The number of ether oxygens (including phenoxy) is 5. The molecule has 0 unspecified atom stereocenters. The molecule has 2 aliphatic heterocycles. The van der Waals surface area contributed by atoms with Gasteiger partial charge in [0.2, 0.25) is 11.5 Å². The van der Waals surface area contributed by atoms with Gasteiger partial charge < -0.3 is 23.7 Å². The number of hydrogen-bond donors (Lipinski definition) is 0. The van der Waals surface area contributed by atoms with Gasteiger partial charge in [0.1, 0.15) is 18.2 Å². The van der Waals surface area contributed by atoms with Crippen LogP contribution in [-0.4, -0.2) is 38.7 Å². The Kier molecular flexibility index (Phi) is 5.93. The number of carbonyl (C=O) groups is 1. The summed E-state index contributed by atoms with van der Waals surface area (Å²) in [4.78, 5) is 16.8. The van der Waals surface area contributed by atoms with Crippen molar-refractivity contribution in [1.29, 1.82) is 0 Å². The number of rotatable bonds is 6. The molecule has 34 heavy (non-hydrogen) atoms. The number of benzene rings is 2. The average molecular weight is 480 g/mol. The van der Waals surface area contributed by atoms with Crippen molar-refractivity contribution >= 4 is 23.2 Å². The van der Waals surface area contributed by atoms with Gasteiger partial charge in [-0.15, -0.1) is 11.3 Å². The van der Waals surface area contributed by atoms with Crippen molar-refractivity contribution in [2.75, 3.05) is 28.1 Å². The molecule has 0 saturated carbocycles. The molecule has 0 amide bonds. The lowest BCUT2D eigenvalue weighted by Gasteiger charge is -2.30. The summed E-state index contributed by atoms with van der Waals surface area (Å²) in [5.74, 6) is 2.92. The molecule has 5 rings (SSSR count). The monoisotopic (exact) mass is 479 g/mol. The molecule has 0 fully saturated rings. The molecule has 0 saturated heterocycles. The first-order chi connectivity index (χ1) is 16.5. The second kappa shape index (κ2) is 9.04. The van der Waals surface area contributed by atoms with E-state index in [1.165, 1.54) is 4.88 Å². The lowest BCUT2D eigenvalue weighted by Crippen LogP contribution is -2.31. The number of carbonyl (C=O) groups excluding carboxylic acids is 1. The molecule has 3 heterocycles. The number of nitrogens with zero attached hydrogens (tertiary/aromatic N) is 1. The van der Waals surface area contributed by atoms with Crippen molar-refractivity contribution in [3.8, 4) is 28.7 Å². The Morgan fingerprint density at radius 3 is 2.50 bits per heavy atom. The van der Waals surface area contributed by atoms with Crippen LogP contribution in [0.25, 0.3) is 6.08 Å². The highest BCUT2D eigenvalue weighted by Crippen LogP contribution is 2.44. The number of ketones is 1. The Hall–Kier alpha value is -3.49. The number of thiophene rings is 1. The SMILES string of the molecule is COc1cc(/C=C2\Oc3c(cc4c(c3C)OCN(Cc3cccs3)C4)C2=O)cc(OC)c1OC. The fourth-order valence-corrected chi connectivity index (χ4v) is 5.10. The van der Waals surface area contributed by atoms with E-state index >= 15 is 0 Å². The van der Waals surface area contributed by atoms with E-state index in [9.17, 15) is 4.79 Å². The minimum absolute atomic E-state index is 0.162. The molecule has 2 aromatic carbocycles. The number of allylic oxidation sites excluding steroid dienone is 1. The van der Waals surface area contributed by atoms with E-state index in [2.05, 4.69) is 16.3 Å². The molecule has 0 atom stereocenters. The summed E-state index contributed by atoms with van der Waals surface area (Å²) in [6.45, 7) is 3.94. The van der Waals surface area contributed by atoms with Crippen LogP contribution in [0.4, 0.5) is 0 Å². The van der Waals surface area contributed by atoms with Gasteiger partial charge in [-0.25, -0.2) is 0 Å². The molecular weight excluding hydrogens is 454 g/mol. The van der Waals surface area contributed by atoms with Crippen molar-refractivity contribution in [2.45, 2.75) is 20.0 Å². The van der Waals surface area contributed by atoms with E-state index in [4.69, 9.17) is 23.7 Å². The van der Waals surface area contributed by atoms with Gasteiger partial charge in [0.05, 0.1) is 26.9 Å². The largest absolute Gasteiger partial charge is 0.493 e. The second-order valence-corrected chi connectivity index (χ2v) is 9.14. The zero-order valence-corrected chi connectivity index (χ0v) is 20.3. The van der Waals surface area contributed by atoms with Crippen LogP contribution in [0.1, 0.15) is 31.9 Å². The van der Waals surface area contributed by atoms with Crippen LogP contribution in [0, 0.1) is 6.92 Å². The Bertz CT molecular complexity index is 1260. The van der Waals surface area contributed by atoms with Crippen LogP contribution >= 0.6 is 11.3 Å². The molecule has 8 heteroatoms. The lowest BCUT2D eigenvalue weighted by molar-refractivity contribution is 0.0886. The van der Waals surface area contributed by atoms with Crippen LogP contribution in [0.15, 0.2) is 41.5 Å². The van der Waals surface area contributed by atoms with Gasteiger partial charge in [-0.1, -0.05) is 6.07 Å². The fourth-order valence-electron chi connectivity index (χ4n) is 4.36. The van der Waals surface area contributed by atoms with Crippen molar-refractivity contribution in [1.82, 2.24) is 4.90 Å². The molecule has 176 valence electrons. The first-order valence-corrected chi connectivity index (χ1v) is 11.7. The van der Waals surface area contributed by atoms with E-state index in [0.717, 1.165) is 23.4 Å². The minimum Gasteiger partial charge on any atom is -0.493 e. The highest BCUT2D eigenvalue weighted by molar-refractivity contribution is 7.09. The summed E-state index contributed by atoms with van der Waals surface area (Å²) in [5.41, 5.74) is 3.08. The topological polar surface area (TPSA) is 66.5 Å². The number of Topliss-reactive ketones (excluding diaryl/α,β-unsaturated/α-hetero) is 1. The molecular formula is C26H25NO6S. The van der Waals surface area contributed by atoms with Gasteiger partial charge >= 0.3 is 0 Å². The average Bonchev–Trinajstić information content (AvgIpc) is 3.47. The summed E-state index contributed by atoms with van der Waals surface area (Å²) >= 11 is 1.73. The van der Waals surface area contributed by atoms with E-state index < -0.39 is 0 Å². The third kappa shape index (κ3) is 3.89. The molecule has 0 N–H and O–H groups in total. The van der Waals surface area contributed by atoms with Crippen molar-refractivity contribution in [3.63, 3.8) is 0 Å². The van der Waals surface area contributed by atoms with Gasteiger partial charge in [0.15, 0.2) is 17.3 Å². The summed E-state index contributed by atoms with van der Waals surface area (Å²) < 4.78 is 28.4. The van der Waals surface area contributed by atoms with E-state index in [1.54, 1.807) is 50.9 Å². The third-order valence-electron chi connectivity index (χ3n) is 5.95. The smallest absolute Gasteiger partial charge is 0.231 e. The first kappa shape index (κ1) is 22.3. The number of fused-ring (bicyclic) bond motifs is 2. The van der Waals surface area contributed by atoms with Gasteiger partial charge in [-0.05, 0) is 48.2 Å². The van der Waals surface area contributed by atoms with Crippen LogP contribution in [0.3, 0.4) is 0 Å². The highest BCUT2D eigenvalue weighted by atomic mass is 32.1. The normalized spacial score (nSPS) is 16.0. The van der Waals surface area contributed by atoms with Gasteiger partial charge in [-0.3, -0.25) is 9.69 Å². The van der Waals surface area contributed by atoms with Gasteiger partial charge in [-0.2, -0.15) is 0 Å². The van der Waals surface area contributed by atoms with Crippen LogP contribution in [-0.2, 0) is 13.1 Å². The molecule has 1 aromatic heterocycles. The van der Waals surface area contributed by atoms with Gasteiger partial charge in [0, 0.05) is 29.1 Å². The summed E-state index contributed by atoms with van der Waals surface area (Å²) in [5, 5.41) is 2.07. The highest BCUT2D eigenvalue weighted by Gasteiger charge is 2.33. The quantitative estimate of drug-likeness (QED) is 0.458. The predicted octanol–water partition coefficient (Wildman–Crippen LogP) is 5.05. The van der Waals surface area contributed by atoms with E-state index in [0.29, 0.717) is 47.4 Å². The maximum atomic E-state index is 13.3. The third-order valence-corrected chi connectivity index (χ3v) is 6.81. The van der Waals surface area contributed by atoms with Crippen molar-refractivity contribution in [3.05, 3.63) is 68.6 Å². The summed E-state index contributed by atoms with van der Waals surface area (Å²) in [7, 11) is 4.65. The second-order valence-electron chi connectivity index (χ2n) is 8.10. The standard InChI is InChI=1S/C26H25NO6S/c1-15-24-17(12-27(14-32-24)13-18-6-5-7-34-18)11-19-23(28)20(33-25(15)19)8-16-9-21(29-2)26(31-4)22(10-16)30-3/h5-11H,12-14H2,1-4H3/b20-8-. The van der Waals surface area contributed by atoms with E-state index in [1.807, 2.05) is 19.1 Å². The Morgan fingerprint density at radius 2 is 1.85 bits per heavy atom. The maximum absolute atomic E-state index is 13.3. The Labute approximate surface area is 202 Å². The van der Waals surface area contributed by atoms with Crippen molar-refractivity contribution in [2.24, 2.45) is 0 Å².